The molecule has 63 heavy (non-hydrogen) atoms. The van der Waals surface area contributed by atoms with Gasteiger partial charge in [0, 0.05) is 46.6 Å². The molecule has 0 amide bonds. The summed E-state index contributed by atoms with van der Waals surface area (Å²) in [5.74, 6) is 3.46. The van der Waals surface area contributed by atoms with Gasteiger partial charge in [0.25, 0.3) is 0 Å². The van der Waals surface area contributed by atoms with E-state index in [0.717, 1.165) is 38.9 Å². The number of nitriles is 1. The van der Waals surface area contributed by atoms with Crippen LogP contribution >= 0.6 is 11.8 Å². The summed E-state index contributed by atoms with van der Waals surface area (Å²) < 4.78 is 55.5. The number of hydrogen-bond acceptors (Lipinski definition) is 16. The fourth-order valence-corrected chi connectivity index (χ4v) is 12.6. The predicted octanol–water partition coefficient (Wildman–Crippen LogP) is 6.76. The topological polar surface area (TPSA) is 160 Å². The van der Waals surface area contributed by atoms with Crippen LogP contribution in [0.1, 0.15) is 96.5 Å². The van der Waals surface area contributed by atoms with E-state index in [2.05, 4.69) is 34.3 Å². The quantitative estimate of drug-likeness (QED) is 0.196. The van der Waals surface area contributed by atoms with Gasteiger partial charge in [0.2, 0.25) is 6.79 Å². The molecule has 7 atom stereocenters. The number of hydrogen-bond donors (Lipinski definition) is 1. The highest BCUT2D eigenvalue weighted by Gasteiger charge is 2.62. The fraction of sp³-hybridized carbons (Fsp3) is 0.553. The summed E-state index contributed by atoms with van der Waals surface area (Å²) in [4.78, 5) is 32.7. The predicted molar refractivity (Wildman–Crippen MR) is 233 cm³/mol. The fourth-order valence-electron chi connectivity index (χ4n) is 10.9. The van der Waals surface area contributed by atoms with E-state index < -0.39 is 40.6 Å². The second-order valence-electron chi connectivity index (χ2n) is 17.9. The second-order valence-corrected chi connectivity index (χ2v) is 19.0. The molecule has 0 radical (unpaired) electrons. The highest BCUT2D eigenvalue weighted by atomic mass is 32.2. The summed E-state index contributed by atoms with van der Waals surface area (Å²) in [6.45, 7) is 14.5. The number of fused-ring (bicyclic) bond motifs is 9. The Bertz CT molecular complexity index is 2410. The van der Waals surface area contributed by atoms with E-state index in [9.17, 15) is 10.1 Å². The first-order valence-electron chi connectivity index (χ1n) is 21.7. The summed E-state index contributed by atoms with van der Waals surface area (Å²) in [6, 6.07) is 6.35. The van der Waals surface area contributed by atoms with E-state index in [1.54, 1.807) is 51.8 Å². The lowest BCUT2D eigenvalue weighted by Gasteiger charge is -2.62. The molecule has 3 aromatic carbocycles. The van der Waals surface area contributed by atoms with Crippen molar-refractivity contribution in [3.63, 3.8) is 0 Å². The van der Waals surface area contributed by atoms with E-state index in [1.165, 1.54) is 7.11 Å². The maximum absolute atomic E-state index is 15.1. The maximum Gasteiger partial charge on any atom is 0.514 e. The minimum atomic E-state index is -1.35. The molecule has 1 unspecified atom stereocenters. The molecule has 10 rings (SSSR count). The number of carbonyl (C=O) groups excluding carboxylic acids is 2. The van der Waals surface area contributed by atoms with Crippen LogP contribution in [0.4, 0.5) is 4.79 Å². The number of ether oxygens (including phenoxy) is 9. The zero-order valence-electron chi connectivity index (χ0n) is 37.6. The third-order valence-electron chi connectivity index (χ3n) is 13.3. The molecule has 16 heteroatoms. The summed E-state index contributed by atoms with van der Waals surface area (Å²) in [5.41, 5.74) is 5.03. The molecule has 0 saturated carbocycles. The normalized spacial score (nSPS) is 26.9. The lowest BCUT2D eigenvalue weighted by molar-refractivity contribution is -0.157. The Morgan fingerprint density at radius 1 is 0.968 bits per heavy atom. The van der Waals surface area contributed by atoms with E-state index in [1.807, 2.05) is 27.7 Å². The molecular weight excluding hydrogens is 829 g/mol. The number of nitrogens with zero attached hydrogens (tertiary/aromatic N) is 3. The van der Waals surface area contributed by atoms with Crippen LogP contribution < -0.4 is 38.5 Å². The SMILES string of the molecule is CCOc1c(C)c2c(c3c1[C@H]1SC[C@]4(NCCc5cc(OC(=O)OC(C)(C)C)c(OC)cc54)C(=O)OC[C@@H]3N3C1[C@H]1c4c(cc(C)c(OC)c4OCC)C[C@@H]([C@@H]3C#N)N1C)OCO2. The average molecular weight is 885 g/mol. The highest BCUT2D eigenvalue weighted by Crippen LogP contribution is 2.65. The zero-order chi connectivity index (χ0) is 44.7. The summed E-state index contributed by atoms with van der Waals surface area (Å²) in [6.07, 6.45) is 0.286. The maximum atomic E-state index is 15.1. The lowest BCUT2D eigenvalue weighted by Crippen LogP contribution is -2.69. The second kappa shape index (κ2) is 16.2. The molecule has 1 spiro atoms. The molecule has 0 aromatic heterocycles. The van der Waals surface area contributed by atoms with Crippen molar-refractivity contribution in [2.75, 3.05) is 60.2 Å². The van der Waals surface area contributed by atoms with Crippen molar-refractivity contribution < 1.29 is 52.2 Å². The van der Waals surface area contributed by atoms with Crippen molar-refractivity contribution in [1.29, 1.82) is 5.26 Å². The number of piperazine rings is 1. The molecule has 4 bridgehead atoms. The smallest absolute Gasteiger partial charge is 0.493 e. The van der Waals surface area contributed by atoms with Gasteiger partial charge in [-0.05, 0) is 103 Å². The van der Waals surface area contributed by atoms with Crippen LogP contribution in [0.15, 0.2) is 18.2 Å². The number of thioether (sulfide) groups is 1. The lowest BCUT2D eigenvalue weighted by atomic mass is 9.71. The van der Waals surface area contributed by atoms with Crippen LogP contribution in [-0.2, 0) is 32.6 Å². The summed E-state index contributed by atoms with van der Waals surface area (Å²) in [5, 5.41) is 14.5. The molecule has 2 saturated heterocycles. The zero-order valence-corrected chi connectivity index (χ0v) is 38.4. The number of aryl methyl sites for hydroxylation is 1. The Balaban J connectivity index is 1.27. The van der Waals surface area contributed by atoms with Crippen LogP contribution in [0.2, 0.25) is 0 Å². The standard InChI is InChI=1S/C47H56N4O11S/c1-11-56-39-24(4)40-42(60-22-59-40)34-30-20-58-44(52)47(27-18-31(54-9)32(17-25(27)13-14-49-47)61-45(53)62-46(5,6)7)21-63-43(35(34)39)37-36-33-26(15-23(3)38(55-10)41(33)57-12-2)16-28(50(36)8)29(19-48)51(30)37/h15,17-18,28-30,36-37,43,49H,11-14,16,20-22H2,1-10H3/t28-,29-,30-,36+,37?,43+,47+/m0/s1. The van der Waals surface area contributed by atoms with Gasteiger partial charge in [-0.1, -0.05) is 6.07 Å². The Morgan fingerprint density at radius 2 is 1.71 bits per heavy atom. The molecule has 7 heterocycles. The molecule has 3 aromatic rings. The van der Waals surface area contributed by atoms with Gasteiger partial charge in [-0.3, -0.25) is 15.1 Å². The van der Waals surface area contributed by atoms with E-state index in [-0.39, 0.29) is 48.8 Å². The van der Waals surface area contributed by atoms with Crippen molar-refractivity contribution in [2.24, 2.45) is 0 Å². The molecule has 7 aliphatic heterocycles. The number of esters is 1. The van der Waals surface area contributed by atoms with Gasteiger partial charge >= 0.3 is 12.1 Å². The molecular formula is C47H56N4O11S. The molecule has 0 aliphatic carbocycles. The minimum Gasteiger partial charge on any atom is -0.493 e. The first-order chi connectivity index (χ1) is 30.2. The van der Waals surface area contributed by atoms with Crippen LogP contribution in [0, 0.1) is 25.2 Å². The molecule has 7 aliphatic rings. The van der Waals surface area contributed by atoms with Crippen molar-refractivity contribution >= 4 is 23.9 Å². The number of rotatable bonds is 7. The first-order valence-corrected chi connectivity index (χ1v) is 22.7. The van der Waals surface area contributed by atoms with Gasteiger partial charge < -0.3 is 42.6 Å². The van der Waals surface area contributed by atoms with Gasteiger partial charge in [0.1, 0.15) is 24.0 Å². The Kier molecular flexibility index (Phi) is 11.1. The van der Waals surface area contributed by atoms with E-state index in [0.29, 0.717) is 66.9 Å². The van der Waals surface area contributed by atoms with Gasteiger partial charge in [-0.2, -0.15) is 5.26 Å². The molecule has 336 valence electrons. The Hall–Kier alpha value is -5.08. The number of carbonyl (C=O) groups is 2. The van der Waals surface area contributed by atoms with Crippen LogP contribution in [0.5, 0.6) is 40.2 Å². The van der Waals surface area contributed by atoms with Crippen molar-refractivity contribution in [3.8, 4) is 46.3 Å². The van der Waals surface area contributed by atoms with Crippen LogP contribution in [0.25, 0.3) is 0 Å². The third kappa shape index (κ3) is 6.71. The molecule has 15 nitrogen and oxygen atoms in total. The summed E-state index contributed by atoms with van der Waals surface area (Å²) >= 11 is 1.62. The Morgan fingerprint density at radius 3 is 2.41 bits per heavy atom. The number of nitrogens with one attached hydrogen (secondary N) is 1. The van der Waals surface area contributed by atoms with Gasteiger partial charge in [-0.25, -0.2) is 9.59 Å². The average Bonchev–Trinajstić information content (AvgIpc) is 3.73. The highest BCUT2D eigenvalue weighted by molar-refractivity contribution is 7.99. The van der Waals surface area contributed by atoms with E-state index in [4.69, 9.17) is 42.6 Å². The van der Waals surface area contributed by atoms with Crippen LogP contribution in [0.3, 0.4) is 0 Å². The van der Waals surface area contributed by atoms with Crippen molar-refractivity contribution in [3.05, 3.63) is 62.7 Å². The monoisotopic (exact) mass is 884 g/mol. The van der Waals surface area contributed by atoms with Crippen LogP contribution in [-0.4, -0.2) is 106 Å². The first kappa shape index (κ1) is 43.2. The van der Waals surface area contributed by atoms with Crippen molar-refractivity contribution in [1.82, 2.24) is 15.1 Å². The van der Waals surface area contributed by atoms with E-state index >= 15 is 4.79 Å². The Labute approximate surface area is 372 Å². The summed E-state index contributed by atoms with van der Waals surface area (Å²) in [7, 11) is 5.28. The largest absolute Gasteiger partial charge is 0.514 e. The van der Waals surface area contributed by atoms with Gasteiger partial charge in [0.05, 0.1) is 50.8 Å². The number of likely N-dealkylation sites (N-methyl/N-ethyl adjacent to an activating group) is 1. The molecule has 2 fully saturated rings. The number of methoxy groups -OCH3 is 2. The minimum absolute atomic E-state index is 0.0249. The van der Waals surface area contributed by atoms with Gasteiger partial charge in [-0.15, -0.1) is 11.8 Å². The van der Waals surface area contributed by atoms with Gasteiger partial charge in [0.15, 0.2) is 40.0 Å². The number of benzene rings is 3. The van der Waals surface area contributed by atoms with Crippen molar-refractivity contribution in [2.45, 2.75) is 108 Å². The molecule has 1 N–H and O–H groups in total. The third-order valence-corrected chi connectivity index (χ3v) is 14.8.